The van der Waals surface area contributed by atoms with Gasteiger partial charge in [0.1, 0.15) is 0 Å². The minimum atomic E-state index is -0.530. The second-order valence-corrected chi connectivity index (χ2v) is 6.14. The van der Waals surface area contributed by atoms with Gasteiger partial charge >= 0.3 is 0 Å². The minimum absolute atomic E-state index is 0.486. The molecule has 2 aliphatic rings. The second kappa shape index (κ2) is 4.70. The van der Waals surface area contributed by atoms with Crippen LogP contribution in [0.1, 0.15) is 56.6 Å². The lowest BCUT2D eigenvalue weighted by Crippen LogP contribution is -2.39. The zero-order chi connectivity index (χ0) is 12.6. The van der Waals surface area contributed by atoms with Crippen LogP contribution in [-0.2, 0) is 12.0 Å². The molecule has 1 heteroatoms. The summed E-state index contributed by atoms with van der Waals surface area (Å²) in [7, 11) is 0. The molecule has 1 nitrogen and oxygen atoms in total. The molecule has 2 aliphatic carbocycles. The van der Waals surface area contributed by atoms with Crippen LogP contribution in [0.5, 0.6) is 0 Å². The lowest BCUT2D eigenvalue weighted by Gasteiger charge is -2.41. The zero-order valence-electron chi connectivity index (χ0n) is 11.4. The van der Waals surface area contributed by atoms with E-state index in [0.29, 0.717) is 5.92 Å². The summed E-state index contributed by atoms with van der Waals surface area (Å²) in [6.45, 7) is 2.28. The Hall–Kier alpha value is -0.820. The Balaban J connectivity index is 1.95. The van der Waals surface area contributed by atoms with Gasteiger partial charge in [-0.25, -0.2) is 0 Å². The van der Waals surface area contributed by atoms with Crippen LogP contribution in [0.3, 0.4) is 0 Å². The molecule has 0 bridgehead atoms. The van der Waals surface area contributed by atoms with Crippen LogP contribution in [0.4, 0.5) is 0 Å². The highest BCUT2D eigenvalue weighted by atomic mass is 16.3. The summed E-state index contributed by atoms with van der Waals surface area (Å²) in [5.74, 6) is 1.20. The second-order valence-electron chi connectivity index (χ2n) is 6.14. The van der Waals surface area contributed by atoms with E-state index in [2.05, 4.69) is 31.2 Å². The van der Waals surface area contributed by atoms with Crippen molar-refractivity contribution in [1.82, 2.24) is 0 Å². The molecule has 1 fully saturated rings. The number of aliphatic hydroxyl groups is 1. The van der Waals surface area contributed by atoms with Gasteiger partial charge in [-0.15, -0.1) is 0 Å². The molecule has 1 aromatic carbocycles. The lowest BCUT2D eigenvalue weighted by molar-refractivity contribution is -0.0626. The fraction of sp³-hybridized carbons (Fsp3) is 0.647. The topological polar surface area (TPSA) is 20.2 Å². The van der Waals surface area contributed by atoms with Crippen molar-refractivity contribution in [1.29, 1.82) is 0 Å². The maximum Gasteiger partial charge on any atom is 0.0933 e. The van der Waals surface area contributed by atoms with Gasteiger partial charge in [0.15, 0.2) is 0 Å². The van der Waals surface area contributed by atoms with E-state index < -0.39 is 5.60 Å². The monoisotopic (exact) mass is 244 g/mol. The van der Waals surface area contributed by atoms with Gasteiger partial charge in [-0.1, -0.05) is 56.9 Å². The first kappa shape index (κ1) is 12.2. The van der Waals surface area contributed by atoms with E-state index in [1.54, 1.807) is 0 Å². The van der Waals surface area contributed by atoms with Crippen molar-refractivity contribution in [3.63, 3.8) is 0 Å². The van der Waals surface area contributed by atoms with Crippen molar-refractivity contribution in [3.05, 3.63) is 35.4 Å². The fourth-order valence-corrected chi connectivity index (χ4v) is 4.33. The van der Waals surface area contributed by atoms with E-state index >= 15 is 0 Å². The number of hydrogen-bond acceptors (Lipinski definition) is 1. The molecule has 0 heterocycles. The SMILES string of the molecule is CCC1CCCCC1C1(O)CCc2ccccc21. The lowest BCUT2D eigenvalue weighted by atomic mass is 9.67. The molecule has 98 valence electrons. The molecule has 0 amide bonds. The first-order chi connectivity index (χ1) is 8.75. The third-order valence-electron chi connectivity index (χ3n) is 5.31. The van der Waals surface area contributed by atoms with Crippen LogP contribution in [0.2, 0.25) is 0 Å². The molecule has 1 N–H and O–H groups in total. The molecule has 0 radical (unpaired) electrons. The van der Waals surface area contributed by atoms with Crippen LogP contribution in [0.25, 0.3) is 0 Å². The summed E-state index contributed by atoms with van der Waals surface area (Å²) < 4.78 is 0. The van der Waals surface area contributed by atoms with Gasteiger partial charge in [0.05, 0.1) is 5.60 Å². The molecule has 0 aliphatic heterocycles. The van der Waals surface area contributed by atoms with Gasteiger partial charge in [-0.3, -0.25) is 0 Å². The molecule has 0 spiro atoms. The molecule has 18 heavy (non-hydrogen) atoms. The van der Waals surface area contributed by atoms with Gasteiger partial charge in [0, 0.05) is 0 Å². The summed E-state index contributed by atoms with van der Waals surface area (Å²) in [4.78, 5) is 0. The summed E-state index contributed by atoms with van der Waals surface area (Å²) >= 11 is 0. The molecule has 1 aromatic rings. The Labute approximate surface area is 110 Å². The molecular weight excluding hydrogens is 220 g/mol. The van der Waals surface area contributed by atoms with Crippen molar-refractivity contribution in [3.8, 4) is 0 Å². The van der Waals surface area contributed by atoms with Gasteiger partial charge < -0.3 is 5.11 Å². The van der Waals surface area contributed by atoms with Crippen LogP contribution in [0.15, 0.2) is 24.3 Å². The van der Waals surface area contributed by atoms with Crippen molar-refractivity contribution >= 4 is 0 Å². The number of hydrogen-bond donors (Lipinski definition) is 1. The molecule has 0 aromatic heterocycles. The zero-order valence-corrected chi connectivity index (χ0v) is 11.4. The van der Waals surface area contributed by atoms with E-state index in [0.717, 1.165) is 18.8 Å². The van der Waals surface area contributed by atoms with E-state index in [1.807, 2.05) is 0 Å². The van der Waals surface area contributed by atoms with Gasteiger partial charge in [-0.2, -0.15) is 0 Å². The number of fused-ring (bicyclic) bond motifs is 1. The molecule has 3 rings (SSSR count). The summed E-state index contributed by atoms with van der Waals surface area (Å²) in [5.41, 5.74) is 2.08. The first-order valence-corrected chi connectivity index (χ1v) is 7.56. The maximum atomic E-state index is 11.3. The first-order valence-electron chi connectivity index (χ1n) is 7.56. The number of rotatable bonds is 2. The van der Waals surface area contributed by atoms with E-state index in [-0.39, 0.29) is 0 Å². The average Bonchev–Trinajstić information content (AvgIpc) is 2.78. The number of aryl methyl sites for hydroxylation is 1. The summed E-state index contributed by atoms with van der Waals surface area (Å²) in [5, 5.41) is 11.3. The van der Waals surface area contributed by atoms with Crippen molar-refractivity contribution < 1.29 is 5.11 Å². The molecule has 1 saturated carbocycles. The molecule has 0 saturated heterocycles. The summed E-state index contributed by atoms with van der Waals surface area (Å²) in [6, 6.07) is 8.53. The Kier molecular flexibility index (Phi) is 3.19. The Morgan fingerprint density at radius 3 is 2.83 bits per heavy atom. The number of benzene rings is 1. The van der Waals surface area contributed by atoms with E-state index in [9.17, 15) is 5.11 Å². The minimum Gasteiger partial charge on any atom is -0.385 e. The Bertz CT molecular complexity index is 425. The predicted molar refractivity (Wildman–Crippen MR) is 74.4 cm³/mol. The van der Waals surface area contributed by atoms with Crippen molar-refractivity contribution in [2.75, 3.05) is 0 Å². The quantitative estimate of drug-likeness (QED) is 0.832. The van der Waals surface area contributed by atoms with Gasteiger partial charge in [0.25, 0.3) is 0 Å². The maximum absolute atomic E-state index is 11.3. The van der Waals surface area contributed by atoms with Crippen molar-refractivity contribution in [2.45, 2.75) is 57.5 Å². The normalized spacial score (nSPS) is 35.4. The summed E-state index contributed by atoms with van der Waals surface area (Å²) in [6.07, 6.45) is 8.38. The van der Waals surface area contributed by atoms with Gasteiger partial charge in [-0.05, 0) is 42.2 Å². The standard InChI is InChI=1S/C17H24O/c1-2-13-7-3-5-9-15(13)17(18)12-11-14-8-4-6-10-16(14)17/h4,6,8,10,13,15,18H,2-3,5,7,9,11-12H2,1H3. The predicted octanol–water partition coefficient (Wildman–Crippen LogP) is 4.04. The Morgan fingerprint density at radius 1 is 1.22 bits per heavy atom. The molecular formula is C17H24O. The van der Waals surface area contributed by atoms with Gasteiger partial charge in [0.2, 0.25) is 0 Å². The Morgan fingerprint density at radius 2 is 2.00 bits per heavy atom. The van der Waals surface area contributed by atoms with Crippen LogP contribution >= 0.6 is 0 Å². The third kappa shape index (κ3) is 1.80. The highest BCUT2D eigenvalue weighted by Crippen LogP contribution is 2.50. The van der Waals surface area contributed by atoms with E-state index in [4.69, 9.17) is 0 Å². The fourth-order valence-electron chi connectivity index (χ4n) is 4.33. The highest BCUT2D eigenvalue weighted by molar-refractivity contribution is 5.38. The molecule has 3 atom stereocenters. The highest BCUT2D eigenvalue weighted by Gasteiger charge is 2.46. The van der Waals surface area contributed by atoms with Crippen LogP contribution in [0, 0.1) is 11.8 Å². The van der Waals surface area contributed by atoms with Crippen LogP contribution < -0.4 is 0 Å². The van der Waals surface area contributed by atoms with E-state index in [1.165, 1.54) is 43.2 Å². The van der Waals surface area contributed by atoms with Crippen molar-refractivity contribution in [2.24, 2.45) is 11.8 Å². The smallest absolute Gasteiger partial charge is 0.0933 e. The largest absolute Gasteiger partial charge is 0.385 e. The molecule has 3 unspecified atom stereocenters. The van der Waals surface area contributed by atoms with Crippen LogP contribution in [-0.4, -0.2) is 5.11 Å². The third-order valence-corrected chi connectivity index (χ3v) is 5.31. The average molecular weight is 244 g/mol.